The number of amides is 1. The van der Waals surface area contributed by atoms with Crippen molar-refractivity contribution < 1.29 is 19.4 Å². The van der Waals surface area contributed by atoms with Crippen LogP contribution in [0.4, 0.5) is 0 Å². The molecule has 0 aliphatic rings. The Morgan fingerprint density at radius 1 is 1.00 bits per heavy atom. The summed E-state index contributed by atoms with van der Waals surface area (Å²) in [6.45, 7) is 4.07. The maximum atomic E-state index is 12.3. The number of benzene rings is 2. The number of phenolic OH excluding ortho intramolecular Hbond substituents is 1. The van der Waals surface area contributed by atoms with Crippen LogP contribution < -0.4 is 14.9 Å². The van der Waals surface area contributed by atoms with Crippen LogP contribution in [0.15, 0.2) is 53.6 Å². The van der Waals surface area contributed by atoms with Crippen LogP contribution in [-0.4, -0.2) is 36.0 Å². The van der Waals surface area contributed by atoms with Crippen LogP contribution in [0.1, 0.15) is 27.3 Å². The SMILES string of the molecule is COc1cc(/C=N/NC(=O)c2ccc(-n3c(C)ccc3C)cc2)cc(OC)c1O. The van der Waals surface area contributed by atoms with Crippen molar-refractivity contribution in [3.8, 4) is 22.9 Å². The van der Waals surface area contributed by atoms with Crippen molar-refractivity contribution in [2.75, 3.05) is 14.2 Å². The van der Waals surface area contributed by atoms with E-state index in [2.05, 4.69) is 27.2 Å². The van der Waals surface area contributed by atoms with E-state index < -0.39 is 0 Å². The lowest BCUT2D eigenvalue weighted by atomic mass is 10.2. The van der Waals surface area contributed by atoms with Gasteiger partial charge in [-0.05, 0) is 62.4 Å². The van der Waals surface area contributed by atoms with Gasteiger partial charge in [-0.1, -0.05) is 0 Å². The Morgan fingerprint density at radius 2 is 1.55 bits per heavy atom. The van der Waals surface area contributed by atoms with Gasteiger partial charge in [-0.25, -0.2) is 5.43 Å². The molecule has 0 saturated heterocycles. The molecule has 0 bridgehead atoms. The average Bonchev–Trinajstić information content (AvgIpc) is 3.07. The second-order valence-corrected chi connectivity index (χ2v) is 6.47. The number of nitrogens with zero attached hydrogens (tertiary/aromatic N) is 2. The van der Waals surface area contributed by atoms with E-state index in [9.17, 15) is 9.90 Å². The molecule has 2 N–H and O–H groups in total. The Bertz CT molecular complexity index is 1010. The summed E-state index contributed by atoms with van der Waals surface area (Å²) in [7, 11) is 2.88. The highest BCUT2D eigenvalue weighted by Gasteiger charge is 2.11. The summed E-state index contributed by atoms with van der Waals surface area (Å²) >= 11 is 0. The summed E-state index contributed by atoms with van der Waals surface area (Å²) in [6, 6.07) is 14.6. The molecule has 29 heavy (non-hydrogen) atoms. The Balaban J connectivity index is 1.71. The molecule has 1 amide bonds. The fraction of sp³-hybridized carbons (Fsp3) is 0.182. The molecule has 0 radical (unpaired) electrons. The van der Waals surface area contributed by atoms with Gasteiger partial charge in [0, 0.05) is 28.2 Å². The van der Waals surface area contributed by atoms with Crippen molar-refractivity contribution in [1.29, 1.82) is 0 Å². The Labute approximate surface area is 169 Å². The van der Waals surface area contributed by atoms with E-state index in [1.165, 1.54) is 20.4 Å². The number of carbonyl (C=O) groups excluding carboxylic acids is 1. The van der Waals surface area contributed by atoms with Crippen LogP contribution in [-0.2, 0) is 0 Å². The molecule has 0 aliphatic carbocycles. The van der Waals surface area contributed by atoms with E-state index in [0.717, 1.165) is 17.1 Å². The Morgan fingerprint density at radius 3 is 2.07 bits per heavy atom. The highest BCUT2D eigenvalue weighted by molar-refractivity contribution is 5.95. The second-order valence-electron chi connectivity index (χ2n) is 6.47. The number of hydrogen-bond donors (Lipinski definition) is 2. The van der Waals surface area contributed by atoms with E-state index >= 15 is 0 Å². The molecule has 0 aliphatic heterocycles. The molecule has 0 fully saturated rings. The first kappa shape index (κ1) is 20.0. The number of carbonyl (C=O) groups is 1. The van der Waals surface area contributed by atoms with Crippen LogP contribution in [0.2, 0.25) is 0 Å². The number of aryl methyl sites for hydroxylation is 2. The molecule has 2 aromatic carbocycles. The minimum Gasteiger partial charge on any atom is -0.502 e. The quantitative estimate of drug-likeness (QED) is 0.495. The van der Waals surface area contributed by atoms with E-state index in [1.807, 2.05) is 26.0 Å². The number of nitrogens with one attached hydrogen (secondary N) is 1. The van der Waals surface area contributed by atoms with Crippen LogP contribution in [0, 0.1) is 13.8 Å². The third-order valence-electron chi connectivity index (χ3n) is 4.54. The van der Waals surface area contributed by atoms with Crippen molar-refractivity contribution in [1.82, 2.24) is 9.99 Å². The summed E-state index contributed by atoms with van der Waals surface area (Å²) < 4.78 is 12.3. The molecule has 1 heterocycles. The fourth-order valence-corrected chi connectivity index (χ4v) is 3.06. The largest absolute Gasteiger partial charge is 0.502 e. The smallest absolute Gasteiger partial charge is 0.271 e. The lowest BCUT2D eigenvalue weighted by molar-refractivity contribution is 0.0955. The van der Waals surface area contributed by atoms with E-state index in [0.29, 0.717) is 11.1 Å². The van der Waals surface area contributed by atoms with Gasteiger partial charge in [0.1, 0.15) is 0 Å². The topological polar surface area (TPSA) is 85.1 Å². The van der Waals surface area contributed by atoms with Gasteiger partial charge < -0.3 is 19.1 Å². The molecule has 0 spiro atoms. The molecule has 0 saturated carbocycles. The van der Waals surface area contributed by atoms with Crippen molar-refractivity contribution in [2.45, 2.75) is 13.8 Å². The third-order valence-corrected chi connectivity index (χ3v) is 4.54. The van der Waals surface area contributed by atoms with Crippen LogP contribution >= 0.6 is 0 Å². The Hall–Kier alpha value is -3.74. The monoisotopic (exact) mass is 393 g/mol. The zero-order valence-corrected chi connectivity index (χ0v) is 16.8. The van der Waals surface area contributed by atoms with Gasteiger partial charge in [-0.2, -0.15) is 5.10 Å². The normalized spacial score (nSPS) is 10.9. The van der Waals surface area contributed by atoms with Crippen molar-refractivity contribution in [3.05, 3.63) is 71.0 Å². The van der Waals surface area contributed by atoms with E-state index in [4.69, 9.17) is 9.47 Å². The number of rotatable bonds is 6. The highest BCUT2D eigenvalue weighted by atomic mass is 16.5. The third kappa shape index (κ3) is 4.24. The lowest BCUT2D eigenvalue weighted by Crippen LogP contribution is -2.17. The first-order valence-electron chi connectivity index (χ1n) is 8.98. The lowest BCUT2D eigenvalue weighted by Gasteiger charge is -2.10. The molecule has 7 heteroatoms. The summed E-state index contributed by atoms with van der Waals surface area (Å²) in [5, 5.41) is 13.9. The maximum Gasteiger partial charge on any atom is 0.271 e. The van der Waals surface area contributed by atoms with Gasteiger partial charge in [0.25, 0.3) is 5.91 Å². The van der Waals surface area contributed by atoms with Crippen molar-refractivity contribution >= 4 is 12.1 Å². The second kappa shape index (κ2) is 8.52. The minimum atomic E-state index is -0.327. The number of hydrogen-bond acceptors (Lipinski definition) is 5. The molecular weight excluding hydrogens is 370 g/mol. The highest BCUT2D eigenvalue weighted by Crippen LogP contribution is 2.36. The summed E-state index contributed by atoms with van der Waals surface area (Å²) in [5.41, 5.74) is 6.84. The molecule has 150 valence electrons. The van der Waals surface area contributed by atoms with Gasteiger partial charge in [-0.3, -0.25) is 4.79 Å². The zero-order valence-electron chi connectivity index (χ0n) is 16.8. The van der Waals surface area contributed by atoms with Crippen LogP contribution in [0.25, 0.3) is 5.69 Å². The van der Waals surface area contributed by atoms with Gasteiger partial charge in [0.2, 0.25) is 5.75 Å². The van der Waals surface area contributed by atoms with Crippen LogP contribution in [0.5, 0.6) is 17.2 Å². The number of hydrazone groups is 1. The Kier molecular flexibility index (Phi) is 5.87. The first-order chi connectivity index (χ1) is 13.9. The molecule has 0 atom stereocenters. The fourth-order valence-electron chi connectivity index (χ4n) is 3.06. The zero-order chi connectivity index (χ0) is 21.0. The predicted octanol–water partition coefficient (Wildman–Crippen LogP) is 3.58. The van der Waals surface area contributed by atoms with E-state index in [1.54, 1.807) is 24.3 Å². The number of ether oxygens (including phenoxy) is 2. The van der Waals surface area contributed by atoms with Gasteiger partial charge in [-0.15, -0.1) is 0 Å². The molecule has 1 aromatic heterocycles. The molecule has 0 unspecified atom stereocenters. The average molecular weight is 393 g/mol. The minimum absolute atomic E-state index is 0.0931. The van der Waals surface area contributed by atoms with Crippen molar-refractivity contribution in [2.24, 2.45) is 5.10 Å². The summed E-state index contributed by atoms with van der Waals surface area (Å²) in [4.78, 5) is 12.3. The molecule has 7 nitrogen and oxygen atoms in total. The van der Waals surface area contributed by atoms with Crippen molar-refractivity contribution in [3.63, 3.8) is 0 Å². The number of methoxy groups -OCH3 is 2. The number of phenols is 1. The summed E-state index contributed by atoms with van der Waals surface area (Å²) in [5.74, 6) is 0.0857. The number of aromatic nitrogens is 1. The molecule has 3 aromatic rings. The van der Waals surface area contributed by atoms with Gasteiger partial charge in [0.15, 0.2) is 11.5 Å². The van der Waals surface area contributed by atoms with Crippen LogP contribution in [0.3, 0.4) is 0 Å². The maximum absolute atomic E-state index is 12.3. The van der Waals surface area contributed by atoms with Gasteiger partial charge in [0.05, 0.1) is 20.4 Å². The molecular formula is C22H23N3O4. The van der Waals surface area contributed by atoms with Gasteiger partial charge >= 0.3 is 0 Å². The molecule has 3 rings (SSSR count). The predicted molar refractivity (Wildman–Crippen MR) is 112 cm³/mol. The standard InChI is InChI=1S/C22H23N3O4/c1-14-5-6-15(2)25(14)18-9-7-17(8-10-18)22(27)24-23-13-16-11-19(28-3)21(26)20(12-16)29-4/h5-13,26H,1-4H3,(H,24,27)/b23-13+. The number of aromatic hydroxyl groups is 1. The van der Waals surface area contributed by atoms with E-state index in [-0.39, 0.29) is 23.2 Å². The first-order valence-corrected chi connectivity index (χ1v) is 8.98. The summed E-state index contributed by atoms with van der Waals surface area (Å²) in [6.07, 6.45) is 1.45.